The maximum absolute atomic E-state index is 11.8. The van der Waals surface area contributed by atoms with Gasteiger partial charge in [0.2, 0.25) is 10.0 Å². The topological polar surface area (TPSA) is 57.6 Å². The molecule has 0 aromatic rings. The van der Waals surface area contributed by atoms with Crippen LogP contribution in [0.5, 0.6) is 0 Å². The second kappa shape index (κ2) is 5.27. The van der Waals surface area contributed by atoms with Gasteiger partial charge in [0.05, 0.1) is 11.9 Å². The van der Waals surface area contributed by atoms with Gasteiger partial charge >= 0.3 is 0 Å². The molecular weight excluding hydrogens is 214 g/mol. The summed E-state index contributed by atoms with van der Waals surface area (Å²) in [6, 6.07) is 0.00343. The highest BCUT2D eigenvalue weighted by molar-refractivity contribution is 7.89. The summed E-state index contributed by atoms with van der Waals surface area (Å²) in [5.41, 5.74) is 0. The van der Waals surface area contributed by atoms with Crippen molar-refractivity contribution >= 4 is 10.0 Å². The molecule has 15 heavy (non-hydrogen) atoms. The number of nitrogens with zero attached hydrogens (tertiary/aromatic N) is 1. The number of sulfonamides is 1. The first kappa shape index (κ1) is 12.9. The van der Waals surface area contributed by atoms with Crippen LogP contribution in [0.4, 0.5) is 0 Å². The number of aliphatic hydroxyl groups is 1. The van der Waals surface area contributed by atoms with E-state index in [-0.39, 0.29) is 11.8 Å². The molecule has 1 saturated heterocycles. The van der Waals surface area contributed by atoms with Crippen LogP contribution in [0.1, 0.15) is 39.5 Å². The van der Waals surface area contributed by atoms with Crippen molar-refractivity contribution in [1.29, 1.82) is 0 Å². The molecular formula is C10H21NO3S. The lowest BCUT2D eigenvalue weighted by atomic mass is 10.00. The van der Waals surface area contributed by atoms with Crippen molar-refractivity contribution < 1.29 is 13.5 Å². The fourth-order valence-corrected chi connectivity index (χ4v) is 3.52. The van der Waals surface area contributed by atoms with E-state index in [2.05, 4.69) is 0 Å². The summed E-state index contributed by atoms with van der Waals surface area (Å²) in [5, 5.41) is 9.34. The van der Waals surface area contributed by atoms with E-state index in [0.29, 0.717) is 13.0 Å². The van der Waals surface area contributed by atoms with Crippen LogP contribution in [0, 0.1) is 0 Å². The van der Waals surface area contributed by atoms with Crippen molar-refractivity contribution in [1.82, 2.24) is 4.31 Å². The molecule has 0 bridgehead atoms. The SMILES string of the molecule is CCS(=O)(=O)N1CCCCC1CC(C)O. The fraction of sp³-hybridized carbons (Fsp3) is 1.00. The Kier molecular flexibility index (Phi) is 4.55. The first-order chi connectivity index (χ1) is 6.97. The summed E-state index contributed by atoms with van der Waals surface area (Å²) in [6.07, 6.45) is 3.01. The van der Waals surface area contributed by atoms with E-state index < -0.39 is 16.1 Å². The number of hydrogen-bond acceptors (Lipinski definition) is 3. The fourth-order valence-electron chi connectivity index (χ4n) is 2.14. The van der Waals surface area contributed by atoms with Gasteiger partial charge in [0.15, 0.2) is 0 Å². The second-order valence-electron chi connectivity index (χ2n) is 4.25. The van der Waals surface area contributed by atoms with Crippen LogP contribution in [-0.2, 0) is 10.0 Å². The summed E-state index contributed by atoms with van der Waals surface area (Å²) in [6.45, 7) is 4.00. The molecule has 1 heterocycles. The summed E-state index contributed by atoms with van der Waals surface area (Å²) < 4.78 is 25.2. The van der Waals surface area contributed by atoms with Gasteiger partial charge in [-0.2, -0.15) is 4.31 Å². The van der Waals surface area contributed by atoms with Gasteiger partial charge in [0.1, 0.15) is 0 Å². The largest absolute Gasteiger partial charge is 0.393 e. The van der Waals surface area contributed by atoms with E-state index in [4.69, 9.17) is 0 Å². The second-order valence-corrected chi connectivity index (χ2v) is 6.46. The van der Waals surface area contributed by atoms with Crippen molar-refractivity contribution in [3.63, 3.8) is 0 Å². The van der Waals surface area contributed by atoms with Crippen molar-refractivity contribution in [2.24, 2.45) is 0 Å². The monoisotopic (exact) mass is 235 g/mol. The molecule has 2 atom stereocenters. The molecule has 0 aliphatic carbocycles. The Hall–Kier alpha value is -0.130. The molecule has 1 aliphatic heterocycles. The molecule has 90 valence electrons. The zero-order valence-corrected chi connectivity index (χ0v) is 10.3. The van der Waals surface area contributed by atoms with Gasteiger partial charge in [-0.05, 0) is 33.1 Å². The normalized spacial score (nSPS) is 26.5. The summed E-state index contributed by atoms with van der Waals surface area (Å²) in [4.78, 5) is 0. The molecule has 0 saturated carbocycles. The Morgan fingerprint density at radius 3 is 2.67 bits per heavy atom. The minimum atomic E-state index is -3.09. The Balaban J connectivity index is 2.74. The molecule has 1 aliphatic rings. The van der Waals surface area contributed by atoms with Gasteiger partial charge in [-0.3, -0.25) is 0 Å². The lowest BCUT2D eigenvalue weighted by Gasteiger charge is -2.35. The maximum atomic E-state index is 11.8. The van der Waals surface area contributed by atoms with Gasteiger partial charge in [-0.25, -0.2) is 8.42 Å². The minimum Gasteiger partial charge on any atom is -0.393 e. The van der Waals surface area contributed by atoms with Gasteiger partial charge in [0.25, 0.3) is 0 Å². The van der Waals surface area contributed by atoms with Gasteiger partial charge in [-0.15, -0.1) is 0 Å². The van der Waals surface area contributed by atoms with Crippen molar-refractivity contribution in [2.75, 3.05) is 12.3 Å². The van der Waals surface area contributed by atoms with E-state index >= 15 is 0 Å². The number of hydrogen-bond donors (Lipinski definition) is 1. The molecule has 5 heteroatoms. The van der Waals surface area contributed by atoms with Crippen molar-refractivity contribution in [3.8, 4) is 0 Å². The molecule has 0 amide bonds. The molecule has 0 radical (unpaired) electrons. The van der Waals surface area contributed by atoms with Crippen LogP contribution in [0.15, 0.2) is 0 Å². The molecule has 2 unspecified atom stereocenters. The van der Waals surface area contributed by atoms with Crippen LogP contribution < -0.4 is 0 Å². The molecule has 0 spiro atoms. The third kappa shape index (κ3) is 3.43. The molecule has 1 N–H and O–H groups in total. The predicted molar refractivity (Wildman–Crippen MR) is 60.1 cm³/mol. The standard InChI is InChI=1S/C10H21NO3S/c1-3-15(13,14)11-7-5-4-6-10(11)8-9(2)12/h9-10,12H,3-8H2,1-2H3. The first-order valence-corrected chi connectivity index (χ1v) is 7.26. The Morgan fingerprint density at radius 1 is 1.47 bits per heavy atom. The lowest BCUT2D eigenvalue weighted by molar-refractivity contribution is 0.132. The minimum absolute atomic E-state index is 0.00343. The molecule has 1 rings (SSSR count). The van der Waals surface area contributed by atoms with Gasteiger partial charge < -0.3 is 5.11 Å². The van der Waals surface area contributed by atoms with Crippen LogP contribution >= 0.6 is 0 Å². The predicted octanol–water partition coefficient (Wildman–Crippen LogP) is 0.962. The van der Waals surface area contributed by atoms with Crippen molar-refractivity contribution in [3.05, 3.63) is 0 Å². The maximum Gasteiger partial charge on any atom is 0.214 e. The molecule has 0 aromatic carbocycles. The average molecular weight is 235 g/mol. The Morgan fingerprint density at radius 2 is 2.13 bits per heavy atom. The highest BCUT2D eigenvalue weighted by atomic mass is 32.2. The summed E-state index contributed by atoms with van der Waals surface area (Å²) in [7, 11) is -3.09. The van der Waals surface area contributed by atoms with Crippen LogP contribution in [0.2, 0.25) is 0 Å². The smallest absolute Gasteiger partial charge is 0.214 e. The van der Waals surface area contributed by atoms with Crippen LogP contribution in [-0.4, -0.2) is 42.3 Å². The lowest BCUT2D eigenvalue weighted by Crippen LogP contribution is -2.45. The van der Waals surface area contributed by atoms with Gasteiger partial charge in [0, 0.05) is 12.6 Å². The highest BCUT2D eigenvalue weighted by Crippen LogP contribution is 2.23. The van der Waals surface area contributed by atoms with E-state index in [0.717, 1.165) is 19.3 Å². The van der Waals surface area contributed by atoms with E-state index in [1.165, 1.54) is 0 Å². The third-order valence-corrected chi connectivity index (χ3v) is 4.83. The molecule has 1 fully saturated rings. The van der Waals surface area contributed by atoms with Crippen molar-refractivity contribution in [2.45, 2.75) is 51.7 Å². The number of rotatable bonds is 4. The molecule has 4 nitrogen and oxygen atoms in total. The average Bonchev–Trinajstić information content (AvgIpc) is 2.17. The summed E-state index contributed by atoms with van der Waals surface area (Å²) in [5.74, 6) is 0.156. The summed E-state index contributed by atoms with van der Waals surface area (Å²) >= 11 is 0. The Labute approximate surface area is 92.3 Å². The third-order valence-electron chi connectivity index (χ3n) is 2.91. The zero-order valence-electron chi connectivity index (χ0n) is 9.52. The van der Waals surface area contributed by atoms with E-state index in [1.54, 1.807) is 18.2 Å². The van der Waals surface area contributed by atoms with E-state index in [9.17, 15) is 13.5 Å². The number of piperidine rings is 1. The van der Waals surface area contributed by atoms with Crippen LogP contribution in [0.25, 0.3) is 0 Å². The van der Waals surface area contributed by atoms with Crippen LogP contribution in [0.3, 0.4) is 0 Å². The molecule has 0 aromatic heterocycles. The first-order valence-electron chi connectivity index (χ1n) is 5.65. The quantitative estimate of drug-likeness (QED) is 0.789. The van der Waals surface area contributed by atoms with Gasteiger partial charge in [-0.1, -0.05) is 6.42 Å². The van der Waals surface area contributed by atoms with E-state index in [1.807, 2.05) is 0 Å². The highest BCUT2D eigenvalue weighted by Gasteiger charge is 2.31. The number of aliphatic hydroxyl groups excluding tert-OH is 1. The zero-order chi connectivity index (χ0) is 11.5. The Bertz CT molecular complexity index is 287.